The third kappa shape index (κ3) is 3.25. The third-order valence-electron chi connectivity index (χ3n) is 3.59. The van der Waals surface area contributed by atoms with Gasteiger partial charge in [0.25, 0.3) is 5.92 Å². The fourth-order valence-electron chi connectivity index (χ4n) is 2.17. The molecule has 114 valence electrons. The molecule has 1 aliphatic carbocycles. The Bertz CT molecular complexity index is 614. The molecule has 4 nitrogen and oxygen atoms in total. The SMILES string of the molecule is CC.Cc1ccc(-c2nnn(C3CC(F)(F)C3)n2)cc1C. The van der Waals surface area contributed by atoms with E-state index in [0.29, 0.717) is 5.82 Å². The first kappa shape index (κ1) is 15.5. The van der Waals surface area contributed by atoms with Gasteiger partial charge in [-0.3, -0.25) is 0 Å². The van der Waals surface area contributed by atoms with E-state index in [1.165, 1.54) is 10.4 Å². The summed E-state index contributed by atoms with van der Waals surface area (Å²) in [4.78, 5) is 1.31. The molecule has 1 aromatic carbocycles. The van der Waals surface area contributed by atoms with E-state index in [1.807, 2.05) is 45.9 Å². The molecule has 1 saturated carbocycles. The lowest BCUT2D eigenvalue weighted by atomic mass is 9.89. The minimum Gasteiger partial charge on any atom is -0.207 e. The molecule has 0 amide bonds. The number of alkyl halides is 2. The smallest absolute Gasteiger partial charge is 0.207 e. The summed E-state index contributed by atoms with van der Waals surface area (Å²) in [6, 6.07) is 5.55. The minimum absolute atomic E-state index is 0.199. The monoisotopic (exact) mass is 294 g/mol. The molecule has 0 bridgehead atoms. The Balaban J connectivity index is 0.000000774. The van der Waals surface area contributed by atoms with E-state index in [2.05, 4.69) is 15.4 Å². The van der Waals surface area contributed by atoms with Gasteiger partial charge < -0.3 is 0 Å². The maximum atomic E-state index is 12.8. The van der Waals surface area contributed by atoms with Crippen LogP contribution in [0.25, 0.3) is 11.4 Å². The molecule has 0 atom stereocenters. The van der Waals surface area contributed by atoms with E-state index in [0.717, 1.165) is 11.1 Å². The molecule has 0 radical (unpaired) electrons. The van der Waals surface area contributed by atoms with Gasteiger partial charge in [0.05, 0.1) is 6.04 Å². The van der Waals surface area contributed by atoms with Crippen LogP contribution < -0.4 is 0 Å². The second kappa shape index (κ2) is 5.87. The molecule has 0 aliphatic heterocycles. The summed E-state index contributed by atoms with van der Waals surface area (Å²) in [6.07, 6.45) is -0.397. The van der Waals surface area contributed by atoms with Crippen LogP contribution in [0.2, 0.25) is 0 Å². The number of tetrazole rings is 1. The Morgan fingerprint density at radius 2 is 1.81 bits per heavy atom. The van der Waals surface area contributed by atoms with E-state index >= 15 is 0 Å². The molecule has 0 spiro atoms. The largest absolute Gasteiger partial charge is 0.252 e. The van der Waals surface area contributed by atoms with Crippen molar-refractivity contribution in [2.24, 2.45) is 0 Å². The van der Waals surface area contributed by atoms with E-state index < -0.39 is 5.92 Å². The quantitative estimate of drug-likeness (QED) is 0.842. The number of benzene rings is 1. The van der Waals surface area contributed by atoms with Gasteiger partial charge in [0.1, 0.15) is 0 Å². The average molecular weight is 294 g/mol. The van der Waals surface area contributed by atoms with Gasteiger partial charge in [0.2, 0.25) is 5.82 Å². The summed E-state index contributed by atoms with van der Waals surface area (Å²) in [6.45, 7) is 8.04. The lowest BCUT2D eigenvalue weighted by Gasteiger charge is -2.33. The topological polar surface area (TPSA) is 43.6 Å². The highest BCUT2D eigenvalue weighted by atomic mass is 19.3. The van der Waals surface area contributed by atoms with Gasteiger partial charge >= 0.3 is 0 Å². The zero-order chi connectivity index (χ0) is 15.6. The fraction of sp³-hybridized carbons (Fsp3) is 0.533. The number of aryl methyl sites for hydroxylation is 2. The summed E-state index contributed by atoms with van der Waals surface area (Å²) in [7, 11) is 0. The fourth-order valence-corrected chi connectivity index (χ4v) is 2.17. The molecule has 0 unspecified atom stereocenters. The van der Waals surface area contributed by atoms with Crippen LogP contribution in [0.4, 0.5) is 8.78 Å². The molecule has 1 aromatic heterocycles. The van der Waals surface area contributed by atoms with Crippen LogP contribution in [-0.4, -0.2) is 26.1 Å². The van der Waals surface area contributed by atoms with Gasteiger partial charge in [-0.15, -0.1) is 10.2 Å². The van der Waals surface area contributed by atoms with Crippen molar-refractivity contribution in [2.75, 3.05) is 0 Å². The molecular weight excluding hydrogens is 274 g/mol. The summed E-state index contributed by atoms with van der Waals surface area (Å²) >= 11 is 0. The minimum atomic E-state index is -2.57. The van der Waals surface area contributed by atoms with E-state index in [9.17, 15) is 8.78 Å². The van der Waals surface area contributed by atoms with Gasteiger partial charge in [-0.05, 0) is 36.3 Å². The summed E-state index contributed by atoms with van der Waals surface area (Å²) in [5, 5.41) is 12.0. The van der Waals surface area contributed by atoms with Gasteiger partial charge in [-0.1, -0.05) is 26.0 Å². The van der Waals surface area contributed by atoms with Crippen LogP contribution in [0.5, 0.6) is 0 Å². The molecule has 1 aliphatic rings. The van der Waals surface area contributed by atoms with Crippen molar-refractivity contribution in [1.29, 1.82) is 0 Å². The van der Waals surface area contributed by atoms with E-state index in [1.54, 1.807) is 0 Å². The van der Waals surface area contributed by atoms with Crippen molar-refractivity contribution in [1.82, 2.24) is 20.2 Å². The molecule has 1 heterocycles. The Kier molecular flexibility index (Phi) is 4.34. The summed E-state index contributed by atoms with van der Waals surface area (Å²) in [5.41, 5.74) is 3.19. The van der Waals surface area contributed by atoms with E-state index in [4.69, 9.17) is 0 Å². The predicted molar refractivity (Wildman–Crippen MR) is 77.3 cm³/mol. The normalized spacial score (nSPS) is 16.9. The standard InChI is InChI=1S/C13H14F2N4.C2H6/c1-8-3-4-10(5-9(8)2)12-16-18-19(17-12)11-6-13(14,15)7-11;1-2/h3-5,11H,6-7H2,1-2H3;1-2H3. The average Bonchev–Trinajstić information content (AvgIpc) is 2.91. The Hall–Kier alpha value is -1.85. The summed E-state index contributed by atoms with van der Waals surface area (Å²) < 4.78 is 25.6. The van der Waals surface area contributed by atoms with Crippen molar-refractivity contribution in [3.05, 3.63) is 29.3 Å². The van der Waals surface area contributed by atoms with Crippen LogP contribution in [0.1, 0.15) is 43.9 Å². The second-order valence-corrected chi connectivity index (χ2v) is 5.15. The number of nitrogens with zero attached hydrogens (tertiary/aromatic N) is 4. The molecule has 3 rings (SSSR count). The van der Waals surface area contributed by atoms with Crippen molar-refractivity contribution >= 4 is 0 Å². The lowest BCUT2D eigenvalue weighted by Crippen LogP contribution is -2.38. The van der Waals surface area contributed by atoms with Crippen LogP contribution in [0.3, 0.4) is 0 Å². The van der Waals surface area contributed by atoms with Crippen molar-refractivity contribution in [2.45, 2.75) is 52.5 Å². The van der Waals surface area contributed by atoms with Crippen LogP contribution in [0, 0.1) is 13.8 Å². The van der Waals surface area contributed by atoms with Crippen molar-refractivity contribution < 1.29 is 8.78 Å². The first-order chi connectivity index (χ1) is 9.94. The highest BCUT2D eigenvalue weighted by Crippen LogP contribution is 2.44. The Morgan fingerprint density at radius 3 is 2.38 bits per heavy atom. The van der Waals surface area contributed by atoms with Crippen molar-refractivity contribution in [3.8, 4) is 11.4 Å². The third-order valence-corrected chi connectivity index (χ3v) is 3.59. The number of hydrogen-bond donors (Lipinski definition) is 0. The summed E-state index contributed by atoms with van der Waals surface area (Å²) in [5.74, 6) is -2.09. The highest BCUT2D eigenvalue weighted by Gasteiger charge is 2.47. The molecule has 21 heavy (non-hydrogen) atoms. The van der Waals surface area contributed by atoms with Crippen molar-refractivity contribution in [3.63, 3.8) is 0 Å². The Labute approximate surface area is 123 Å². The van der Waals surface area contributed by atoms with Crippen LogP contribution >= 0.6 is 0 Å². The molecule has 0 saturated heterocycles. The second-order valence-electron chi connectivity index (χ2n) is 5.15. The number of rotatable bonds is 2. The predicted octanol–water partition coefficient (Wildman–Crippen LogP) is 3.95. The molecule has 1 fully saturated rings. The first-order valence-electron chi connectivity index (χ1n) is 7.20. The molecule has 6 heteroatoms. The van der Waals surface area contributed by atoms with Crippen LogP contribution in [0.15, 0.2) is 18.2 Å². The van der Waals surface area contributed by atoms with Gasteiger partial charge in [0.15, 0.2) is 0 Å². The van der Waals surface area contributed by atoms with Gasteiger partial charge in [-0.25, -0.2) is 8.78 Å². The van der Waals surface area contributed by atoms with E-state index in [-0.39, 0.29) is 18.9 Å². The van der Waals surface area contributed by atoms with Crippen LogP contribution in [-0.2, 0) is 0 Å². The maximum absolute atomic E-state index is 12.8. The number of hydrogen-bond acceptors (Lipinski definition) is 3. The molecule has 0 N–H and O–H groups in total. The zero-order valence-electron chi connectivity index (χ0n) is 12.8. The molecule has 2 aromatic rings. The lowest BCUT2D eigenvalue weighted by molar-refractivity contribution is -0.110. The first-order valence-corrected chi connectivity index (χ1v) is 7.20. The van der Waals surface area contributed by atoms with Gasteiger partial charge in [-0.2, -0.15) is 4.80 Å². The Morgan fingerprint density at radius 1 is 1.14 bits per heavy atom. The zero-order valence-corrected chi connectivity index (χ0v) is 12.8. The molecular formula is C15H20F2N4. The highest BCUT2D eigenvalue weighted by molar-refractivity contribution is 5.56. The number of halogens is 2. The van der Waals surface area contributed by atoms with Gasteiger partial charge in [0, 0.05) is 18.4 Å². The maximum Gasteiger partial charge on any atom is 0.252 e. The number of aromatic nitrogens is 4.